The number of likely N-dealkylation sites (tertiary alicyclic amines) is 1. The third-order valence-electron chi connectivity index (χ3n) is 4.42. The van der Waals surface area contributed by atoms with Gasteiger partial charge >= 0.3 is 0 Å². The van der Waals surface area contributed by atoms with Gasteiger partial charge in [0.05, 0.1) is 12.2 Å². The van der Waals surface area contributed by atoms with E-state index in [9.17, 15) is 0 Å². The second-order valence-corrected chi connectivity index (χ2v) is 6.58. The molecule has 0 amide bonds. The zero-order valence-electron chi connectivity index (χ0n) is 13.7. The minimum Gasteiger partial charge on any atom is -0.417 e. The number of benzene rings is 1. The number of rotatable bonds is 4. The minimum absolute atomic E-state index is 0.127. The van der Waals surface area contributed by atoms with Crippen molar-refractivity contribution < 1.29 is 4.42 Å². The van der Waals surface area contributed by atoms with E-state index in [0.717, 1.165) is 31.0 Å². The van der Waals surface area contributed by atoms with Crippen molar-refractivity contribution in [2.45, 2.75) is 31.8 Å². The summed E-state index contributed by atoms with van der Waals surface area (Å²) < 4.78 is 5.91. The van der Waals surface area contributed by atoms with Gasteiger partial charge in [-0.3, -0.25) is 9.88 Å². The number of hydrogen-bond acceptors (Lipinski definition) is 6. The topological polar surface area (TPSA) is 67.9 Å². The molecule has 0 radical (unpaired) electrons. The van der Waals surface area contributed by atoms with Gasteiger partial charge in [0, 0.05) is 24.0 Å². The Balaban J connectivity index is 1.55. The molecule has 3 heterocycles. The Bertz CT molecular complexity index is 821. The Morgan fingerprint density at radius 1 is 1.12 bits per heavy atom. The molecule has 25 heavy (non-hydrogen) atoms. The van der Waals surface area contributed by atoms with Crippen molar-refractivity contribution in [2.24, 2.45) is 0 Å². The van der Waals surface area contributed by atoms with E-state index < -0.39 is 0 Å². The van der Waals surface area contributed by atoms with E-state index >= 15 is 0 Å². The summed E-state index contributed by atoms with van der Waals surface area (Å²) in [4.78, 5) is 10.7. The molecule has 0 unspecified atom stereocenters. The molecule has 0 bridgehead atoms. The monoisotopic (exact) mass is 355 g/mol. The van der Waals surface area contributed by atoms with E-state index in [0.29, 0.717) is 17.5 Å². The SMILES string of the molecule is Clc1ccc(CN2CCCC[C@H]2c2nnc(-c3cnccn3)o2)cc1. The van der Waals surface area contributed by atoms with Gasteiger partial charge in [-0.2, -0.15) is 0 Å². The molecule has 1 atom stereocenters. The van der Waals surface area contributed by atoms with Crippen LogP contribution < -0.4 is 0 Å². The maximum atomic E-state index is 5.98. The Kier molecular flexibility index (Phi) is 4.72. The minimum atomic E-state index is 0.127. The highest BCUT2D eigenvalue weighted by Gasteiger charge is 2.29. The van der Waals surface area contributed by atoms with Gasteiger partial charge in [-0.1, -0.05) is 30.2 Å². The molecule has 1 aliphatic heterocycles. The summed E-state index contributed by atoms with van der Waals surface area (Å²) >= 11 is 5.98. The van der Waals surface area contributed by atoms with Gasteiger partial charge in [-0.15, -0.1) is 10.2 Å². The predicted molar refractivity (Wildman–Crippen MR) is 93.8 cm³/mol. The quantitative estimate of drug-likeness (QED) is 0.706. The third-order valence-corrected chi connectivity index (χ3v) is 4.67. The standard InChI is InChI=1S/C18H18ClN5O/c19-14-6-4-13(5-7-14)12-24-10-2-1-3-16(24)18-23-22-17(25-18)15-11-20-8-9-21-15/h4-9,11,16H,1-3,10,12H2/t16-/m0/s1. The zero-order chi connectivity index (χ0) is 17.1. The fourth-order valence-corrected chi connectivity index (χ4v) is 3.29. The van der Waals surface area contributed by atoms with Crippen LogP contribution in [0.15, 0.2) is 47.3 Å². The Morgan fingerprint density at radius 3 is 2.80 bits per heavy atom. The van der Waals surface area contributed by atoms with Crippen LogP contribution >= 0.6 is 11.6 Å². The summed E-state index contributed by atoms with van der Waals surface area (Å²) in [5.41, 5.74) is 1.83. The van der Waals surface area contributed by atoms with Crippen LogP contribution in [0.1, 0.15) is 36.8 Å². The number of hydrogen-bond donors (Lipinski definition) is 0. The van der Waals surface area contributed by atoms with Crippen LogP contribution in [-0.2, 0) is 6.54 Å². The van der Waals surface area contributed by atoms with Gasteiger partial charge in [0.15, 0.2) is 0 Å². The molecule has 1 aliphatic rings. The first-order valence-electron chi connectivity index (χ1n) is 8.38. The fraction of sp³-hybridized carbons (Fsp3) is 0.333. The van der Waals surface area contributed by atoms with E-state index in [1.807, 2.05) is 12.1 Å². The van der Waals surface area contributed by atoms with Crippen molar-refractivity contribution in [2.75, 3.05) is 6.54 Å². The normalized spacial score (nSPS) is 18.4. The summed E-state index contributed by atoms with van der Waals surface area (Å²) in [5, 5.41) is 9.18. The van der Waals surface area contributed by atoms with Gasteiger partial charge in [-0.05, 0) is 37.1 Å². The molecule has 1 saturated heterocycles. The Labute approximate surface area is 150 Å². The van der Waals surface area contributed by atoms with Crippen molar-refractivity contribution >= 4 is 11.6 Å². The average Bonchev–Trinajstić information content (AvgIpc) is 3.15. The number of piperidine rings is 1. The summed E-state index contributed by atoms with van der Waals surface area (Å²) in [6.07, 6.45) is 8.21. The van der Waals surface area contributed by atoms with Gasteiger partial charge in [0.25, 0.3) is 5.89 Å². The molecule has 2 aromatic heterocycles. The molecule has 0 spiro atoms. The molecule has 128 valence electrons. The number of nitrogens with zero attached hydrogens (tertiary/aromatic N) is 5. The summed E-state index contributed by atoms with van der Waals surface area (Å²) in [5.74, 6) is 1.06. The van der Waals surface area contributed by atoms with Crippen molar-refractivity contribution in [3.8, 4) is 11.6 Å². The Morgan fingerprint density at radius 2 is 2.00 bits per heavy atom. The molecule has 0 aliphatic carbocycles. The maximum absolute atomic E-state index is 5.98. The van der Waals surface area contributed by atoms with Crippen LogP contribution in [0.3, 0.4) is 0 Å². The lowest BCUT2D eigenvalue weighted by Crippen LogP contribution is -2.33. The van der Waals surface area contributed by atoms with Crippen molar-refractivity contribution in [1.82, 2.24) is 25.1 Å². The first-order valence-corrected chi connectivity index (χ1v) is 8.76. The molecule has 6 nitrogen and oxygen atoms in total. The third kappa shape index (κ3) is 3.70. The first-order chi connectivity index (χ1) is 12.3. The van der Waals surface area contributed by atoms with Gasteiger partial charge < -0.3 is 4.42 Å². The highest BCUT2D eigenvalue weighted by molar-refractivity contribution is 6.30. The summed E-state index contributed by atoms with van der Waals surface area (Å²) in [6, 6.07) is 8.10. The second-order valence-electron chi connectivity index (χ2n) is 6.14. The van der Waals surface area contributed by atoms with Crippen LogP contribution in [0.25, 0.3) is 11.6 Å². The molecule has 3 aromatic rings. The number of halogens is 1. The Hall–Kier alpha value is -2.31. The molecule has 4 rings (SSSR count). The molecule has 0 saturated carbocycles. The maximum Gasteiger partial charge on any atom is 0.267 e. The lowest BCUT2D eigenvalue weighted by Gasteiger charge is -2.33. The molecule has 1 fully saturated rings. The van der Waals surface area contributed by atoms with Gasteiger partial charge in [0.1, 0.15) is 5.69 Å². The van der Waals surface area contributed by atoms with Crippen LogP contribution in [0.4, 0.5) is 0 Å². The number of aromatic nitrogens is 4. The van der Waals surface area contributed by atoms with E-state index in [1.165, 1.54) is 12.0 Å². The summed E-state index contributed by atoms with van der Waals surface area (Å²) in [6.45, 7) is 1.85. The smallest absolute Gasteiger partial charge is 0.267 e. The van der Waals surface area contributed by atoms with Crippen LogP contribution in [0.5, 0.6) is 0 Å². The molecule has 1 aromatic carbocycles. The van der Waals surface area contributed by atoms with E-state index in [2.05, 4.69) is 37.2 Å². The van der Waals surface area contributed by atoms with Crippen molar-refractivity contribution in [3.05, 3.63) is 59.3 Å². The highest BCUT2D eigenvalue weighted by Crippen LogP contribution is 2.32. The first kappa shape index (κ1) is 16.2. The fourth-order valence-electron chi connectivity index (χ4n) is 3.17. The van der Waals surface area contributed by atoms with Crippen LogP contribution in [-0.4, -0.2) is 31.6 Å². The van der Waals surface area contributed by atoms with E-state index in [4.69, 9.17) is 16.0 Å². The van der Waals surface area contributed by atoms with Gasteiger partial charge in [0.2, 0.25) is 5.89 Å². The second kappa shape index (κ2) is 7.29. The van der Waals surface area contributed by atoms with E-state index in [-0.39, 0.29) is 6.04 Å². The zero-order valence-corrected chi connectivity index (χ0v) is 14.4. The lowest BCUT2D eigenvalue weighted by atomic mass is 10.0. The predicted octanol–water partition coefficient (Wildman–Crippen LogP) is 3.91. The van der Waals surface area contributed by atoms with Crippen molar-refractivity contribution in [1.29, 1.82) is 0 Å². The molecular weight excluding hydrogens is 338 g/mol. The largest absolute Gasteiger partial charge is 0.417 e. The molecule has 0 N–H and O–H groups in total. The average molecular weight is 356 g/mol. The van der Waals surface area contributed by atoms with Crippen molar-refractivity contribution in [3.63, 3.8) is 0 Å². The van der Waals surface area contributed by atoms with E-state index in [1.54, 1.807) is 18.6 Å². The van der Waals surface area contributed by atoms with Crippen LogP contribution in [0, 0.1) is 0 Å². The highest BCUT2D eigenvalue weighted by atomic mass is 35.5. The molecular formula is C18H18ClN5O. The van der Waals surface area contributed by atoms with Crippen LogP contribution in [0.2, 0.25) is 5.02 Å². The van der Waals surface area contributed by atoms with Gasteiger partial charge in [-0.25, -0.2) is 4.98 Å². The lowest BCUT2D eigenvalue weighted by molar-refractivity contribution is 0.118. The molecule has 7 heteroatoms. The summed E-state index contributed by atoms with van der Waals surface area (Å²) in [7, 11) is 0.